The van der Waals surface area contributed by atoms with Crippen molar-refractivity contribution in [1.82, 2.24) is 4.31 Å². The number of sulfonamides is 1. The second-order valence-corrected chi connectivity index (χ2v) is 9.92. The molecule has 0 aromatic heterocycles. The molecule has 0 saturated heterocycles. The SMILES string of the molecule is CN(C)S(=O)(=O)c1ccc2c(c1)CCN2C(=O)CCSCc1ccccc1. The molecule has 0 saturated carbocycles. The van der Waals surface area contributed by atoms with Gasteiger partial charge in [-0.15, -0.1) is 0 Å². The molecule has 7 heteroatoms. The maximum Gasteiger partial charge on any atom is 0.242 e. The summed E-state index contributed by atoms with van der Waals surface area (Å²) >= 11 is 1.75. The summed E-state index contributed by atoms with van der Waals surface area (Å²) in [7, 11) is -0.415. The van der Waals surface area contributed by atoms with Gasteiger partial charge in [0.15, 0.2) is 0 Å². The van der Waals surface area contributed by atoms with E-state index in [-0.39, 0.29) is 10.8 Å². The van der Waals surface area contributed by atoms with Gasteiger partial charge in [0.1, 0.15) is 0 Å². The Labute approximate surface area is 165 Å². The second-order valence-electron chi connectivity index (χ2n) is 6.66. The molecule has 0 spiro atoms. The summed E-state index contributed by atoms with van der Waals surface area (Å²) in [6.45, 7) is 0.614. The highest BCUT2D eigenvalue weighted by Gasteiger charge is 2.27. The van der Waals surface area contributed by atoms with E-state index in [1.807, 2.05) is 18.2 Å². The van der Waals surface area contributed by atoms with Crippen molar-refractivity contribution < 1.29 is 13.2 Å². The lowest BCUT2D eigenvalue weighted by atomic mass is 10.2. The lowest BCUT2D eigenvalue weighted by Crippen LogP contribution is -2.29. The molecule has 1 amide bonds. The fraction of sp³-hybridized carbons (Fsp3) is 0.350. The van der Waals surface area contributed by atoms with Gasteiger partial charge in [0.05, 0.1) is 4.90 Å². The highest BCUT2D eigenvalue weighted by Crippen LogP contribution is 2.31. The zero-order valence-corrected chi connectivity index (χ0v) is 17.2. The molecule has 5 nitrogen and oxygen atoms in total. The van der Waals surface area contributed by atoms with Crippen LogP contribution in [0.1, 0.15) is 17.5 Å². The topological polar surface area (TPSA) is 57.7 Å². The number of benzene rings is 2. The molecule has 0 bridgehead atoms. The van der Waals surface area contributed by atoms with Gasteiger partial charge in [-0.2, -0.15) is 11.8 Å². The van der Waals surface area contributed by atoms with Gasteiger partial charge >= 0.3 is 0 Å². The minimum atomic E-state index is -3.45. The van der Waals surface area contributed by atoms with Crippen molar-refractivity contribution in [3.8, 4) is 0 Å². The molecular weight excluding hydrogens is 380 g/mol. The van der Waals surface area contributed by atoms with Crippen molar-refractivity contribution in [2.45, 2.75) is 23.5 Å². The fourth-order valence-corrected chi connectivity index (χ4v) is 4.91. The van der Waals surface area contributed by atoms with Crippen LogP contribution >= 0.6 is 11.8 Å². The summed E-state index contributed by atoms with van der Waals surface area (Å²) in [6.07, 6.45) is 1.17. The maximum atomic E-state index is 12.6. The van der Waals surface area contributed by atoms with E-state index < -0.39 is 10.0 Å². The standard InChI is InChI=1S/C20H24N2O3S2/c1-21(2)27(24,25)18-8-9-19-17(14-18)10-12-22(19)20(23)11-13-26-15-16-6-4-3-5-7-16/h3-9,14H,10-13,15H2,1-2H3. The minimum Gasteiger partial charge on any atom is -0.312 e. The fourth-order valence-electron chi connectivity index (χ4n) is 3.07. The lowest BCUT2D eigenvalue weighted by molar-refractivity contribution is -0.118. The Balaban J connectivity index is 1.59. The van der Waals surface area contributed by atoms with Crippen LogP contribution in [0.2, 0.25) is 0 Å². The third-order valence-corrected chi connectivity index (χ3v) is 7.44. The number of carbonyl (C=O) groups excluding carboxylic acids is 1. The first-order chi connectivity index (χ1) is 12.9. The van der Waals surface area contributed by atoms with Gasteiger partial charge in [0.25, 0.3) is 0 Å². The molecule has 0 unspecified atom stereocenters. The smallest absolute Gasteiger partial charge is 0.242 e. The van der Waals surface area contributed by atoms with E-state index in [0.717, 1.165) is 22.8 Å². The number of nitrogens with zero attached hydrogens (tertiary/aromatic N) is 2. The van der Waals surface area contributed by atoms with E-state index in [2.05, 4.69) is 12.1 Å². The number of fused-ring (bicyclic) bond motifs is 1. The van der Waals surface area contributed by atoms with Crippen LogP contribution < -0.4 is 4.90 Å². The Morgan fingerprint density at radius 1 is 1.15 bits per heavy atom. The van der Waals surface area contributed by atoms with Crippen molar-refractivity contribution in [2.75, 3.05) is 31.3 Å². The molecule has 0 radical (unpaired) electrons. The Hall–Kier alpha value is -1.83. The highest BCUT2D eigenvalue weighted by atomic mass is 32.2. The van der Waals surface area contributed by atoms with Crippen molar-refractivity contribution in [2.24, 2.45) is 0 Å². The number of thioether (sulfide) groups is 1. The van der Waals surface area contributed by atoms with Gasteiger partial charge in [-0.3, -0.25) is 4.79 Å². The Morgan fingerprint density at radius 3 is 2.59 bits per heavy atom. The molecular formula is C20H24N2O3S2. The number of hydrogen-bond donors (Lipinski definition) is 0. The first kappa shape index (κ1) is 19.9. The van der Waals surface area contributed by atoms with Crippen LogP contribution in [0, 0.1) is 0 Å². The molecule has 2 aromatic rings. The van der Waals surface area contributed by atoms with Crippen molar-refractivity contribution in [1.29, 1.82) is 0 Å². The van der Waals surface area contributed by atoms with Gasteiger partial charge in [0.2, 0.25) is 15.9 Å². The average molecular weight is 405 g/mol. The predicted molar refractivity (Wildman–Crippen MR) is 111 cm³/mol. The molecule has 144 valence electrons. The number of amides is 1. The Kier molecular flexibility index (Phi) is 6.24. The van der Waals surface area contributed by atoms with E-state index in [4.69, 9.17) is 0 Å². The lowest BCUT2D eigenvalue weighted by Gasteiger charge is -2.18. The first-order valence-electron chi connectivity index (χ1n) is 8.87. The largest absolute Gasteiger partial charge is 0.312 e. The molecule has 0 atom stereocenters. The summed E-state index contributed by atoms with van der Waals surface area (Å²) in [6, 6.07) is 15.3. The third-order valence-electron chi connectivity index (χ3n) is 4.60. The second kappa shape index (κ2) is 8.46. The normalized spacial score (nSPS) is 13.8. The van der Waals surface area contributed by atoms with Crippen LogP contribution in [0.25, 0.3) is 0 Å². The van der Waals surface area contributed by atoms with Crippen LogP contribution in [-0.4, -0.2) is 45.0 Å². The van der Waals surface area contributed by atoms with Crippen LogP contribution in [0.3, 0.4) is 0 Å². The summed E-state index contributed by atoms with van der Waals surface area (Å²) < 4.78 is 25.8. The van der Waals surface area contributed by atoms with E-state index in [1.165, 1.54) is 24.0 Å². The summed E-state index contributed by atoms with van der Waals surface area (Å²) in [4.78, 5) is 14.7. The van der Waals surface area contributed by atoms with Crippen LogP contribution in [-0.2, 0) is 27.0 Å². The maximum absolute atomic E-state index is 12.6. The van der Waals surface area contributed by atoms with Crippen molar-refractivity contribution >= 4 is 33.4 Å². The van der Waals surface area contributed by atoms with Gasteiger partial charge in [0, 0.05) is 44.3 Å². The molecule has 0 N–H and O–H groups in total. The number of anilines is 1. The number of rotatable bonds is 7. The van der Waals surface area contributed by atoms with Gasteiger partial charge in [-0.05, 0) is 35.7 Å². The first-order valence-corrected chi connectivity index (χ1v) is 11.5. The van der Waals surface area contributed by atoms with Crippen molar-refractivity contribution in [3.63, 3.8) is 0 Å². The zero-order valence-electron chi connectivity index (χ0n) is 15.6. The van der Waals surface area contributed by atoms with Crippen molar-refractivity contribution in [3.05, 3.63) is 59.7 Å². The quantitative estimate of drug-likeness (QED) is 0.665. The van der Waals surface area contributed by atoms with E-state index in [1.54, 1.807) is 34.9 Å². The summed E-state index contributed by atoms with van der Waals surface area (Å²) in [5.41, 5.74) is 3.02. The molecule has 27 heavy (non-hydrogen) atoms. The Morgan fingerprint density at radius 2 is 1.89 bits per heavy atom. The molecule has 3 rings (SSSR count). The van der Waals surface area contributed by atoms with E-state index in [0.29, 0.717) is 19.4 Å². The molecule has 1 aliphatic heterocycles. The summed E-state index contributed by atoms with van der Waals surface area (Å²) in [5.74, 6) is 1.76. The molecule has 1 aliphatic rings. The average Bonchev–Trinajstić information content (AvgIpc) is 3.09. The monoisotopic (exact) mass is 404 g/mol. The van der Waals surface area contributed by atoms with Gasteiger partial charge < -0.3 is 4.90 Å². The predicted octanol–water partition coefficient (Wildman–Crippen LogP) is 3.15. The summed E-state index contributed by atoms with van der Waals surface area (Å²) in [5, 5.41) is 0. The molecule has 1 heterocycles. The van der Waals surface area contributed by atoms with E-state index in [9.17, 15) is 13.2 Å². The van der Waals surface area contributed by atoms with E-state index >= 15 is 0 Å². The number of carbonyl (C=O) groups is 1. The molecule has 0 fully saturated rings. The zero-order chi connectivity index (χ0) is 19.4. The van der Waals surface area contributed by atoms with Gasteiger partial charge in [-0.25, -0.2) is 12.7 Å². The highest BCUT2D eigenvalue weighted by molar-refractivity contribution is 7.98. The number of hydrogen-bond acceptors (Lipinski definition) is 4. The minimum absolute atomic E-state index is 0.0949. The van der Waals surface area contributed by atoms with Crippen LogP contribution in [0.5, 0.6) is 0 Å². The molecule has 2 aromatic carbocycles. The molecule has 0 aliphatic carbocycles. The third kappa shape index (κ3) is 4.54. The van der Waals surface area contributed by atoms with Crippen LogP contribution in [0.15, 0.2) is 53.4 Å². The Bertz CT molecular complexity index is 912. The van der Waals surface area contributed by atoms with Gasteiger partial charge in [-0.1, -0.05) is 30.3 Å². The van der Waals surface area contributed by atoms with Crippen LogP contribution in [0.4, 0.5) is 5.69 Å².